The Balaban J connectivity index is 1.30. The van der Waals surface area contributed by atoms with Crippen molar-refractivity contribution in [3.8, 4) is 84.9 Å². The number of hydrogen-bond acceptors (Lipinski definition) is 7. The van der Waals surface area contributed by atoms with Gasteiger partial charge in [0, 0.05) is 49.7 Å². The molecule has 11 heteroatoms. The minimum absolute atomic E-state index is 0.0868. The molecule has 0 N–H and O–H groups in total. The second-order valence-electron chi connectivity index (χ2n) is 16.1. The van der Waals surface area contributed by atoms with Gasteiger partial charge in [-0.2, -0.15) is 13.2 Å². The van der Waals surface area contributed by atoms with E-state index in [4.69, 9.17) is 19.9 Å². The molecule has 0 aliphatic heterocycles. The summed E-state index contributed by atoms with van der Waals surface area (Å²) in [5, 5.41) is 1.68. The molecule has 0 radical (unpaired) electrons. The van der Waals surface area contributed by atoms with Gasteiger partial charge in [0.2, 0.25) is 0 Å². The fourth-order valence-corrected chi connectivity index (χ4v) is 8.64. The molecule has 0 spiro atoms. The highest BCUT2D eigenvalue weighted by atomic mass is 19.4. The van der Waals surface area contributed by atoms with Crippen molar-refractivity contribution in [3.05, 3.63) is 205 Å². The first-order chi connectivity index (χ1) is 32.6. The average Bonchev–Trinajstić information content (AvgIpc) is 3.69. The topological polar surface area (TPSA) is 95.2 Å². The predicted octanol–water partition coefficient (Wildman–Crippen LogP) is 13.9. The Bertz CT molecular complexity index is 3350. The van der Waals surface area contributed by atoms with Crippen molar-refractivity contribution in [2.24, 2.45) is 0 Å². The summed E-state index contributed by atoms with van der Waals surface area (Å²) in [5.41, 5.74) is 7.17. The highest BCUT2D eigenvalue weighted by Gasteiger charge is 2.35. The maximum Gasteiger partial charge on any atom is 0.416 e. The summed E-state index contributed by atoms with van der Waals surface area (Å²) in [4.78, 5) is 34.2. The van der Waals surface area contributed by atoms with E-state index in [9.17, 15) is 0 Å². The smallest absolute Gasteiger partial charge is 0.308 e. The Kier molecular flexibility index (Phi) is 10.2. The standard InChI is InChI=1S/C56H37F3N8/c1-34-60-35(2)62-53(61-34)40-27-28-51-43(29-40)42-25-15-16-26-50(42)67(51)52-44(54-63-46(36-17-7-3-8-18-36)32-47(64-54)37-19-9-4-10-20-37)30-41(56(57,58)59)31-45(52)55-65-48(38-21-11-5-12-22-38)33-49(66-55)39-23-13-6-14-24-39/h3-33H,1-2H3. The van der Waals surface area contributed by atoms with E-state index in [0.29, 0.717) is 51.5 Å². The molecule has 8 nitrogen and oxygen atoms in total. The van der Waals surface area contributed by atoms with Crippen LogP contribution in [0, 0.1) is 13.8 Å². The van der Waals surface area contributed by atoms with Crippen LogP contribution >= 0.6 is 0 Å². The molecule has 322 valence electrons. The molecular formula is C56H37F3N8. The van der Waals surface area contributed by atoms with E-state index in [1.165, 1.54) is 0 Å². The summed E-state index contributed by atoms with van der Waals surface area (Å²) in [6, 6.07) is 58.0. The molecule has 0 saturated heterocycles. The zero-order valence-electron chi connectivity index (χ0n) is 36.1. The second-order valence-corrected chi connectivity index (χ2v) is 16.1. The zero-order valence-corrected chi connectivity index (χ0v) is 36.1. The van der Waals surface area contributed by atoms with Gasteiger partial charge in [-0.05, 0) is 62.4 Å². The molecule has 0 amide bonds. The maximum absolute atomic E-state index is 15.7. The predicted molar refractivity (Wildman–Crippen MR) is 258 cm³/mol. The van der Waals surface area contributed by atoms with Gasteiger partial charge in [0.05, 0.1) is 45.1 Å². The molecule has 4 aromatic heterocycles. The van der Waals surface area contributed by atoms with Gasteiger partial charge < -0.3 is 4.57 Å². The molecule has 0 saturated carbocycles. The molecule has 0 unspecified atom stereocenters. The van der Waals surface area contributed by atoms with E-state index in [0.717, 1.165) is 56.2 Å². The van der Waals surface area contributed by atoms with Gasteiger partial charge >= 0.3 is 6.18 Å². The number of hydrogen-bond donors (Lipinski definition) is 0. The van der Waals surface area contributed by atoms with Crippen molar-refractivity contribution in [2.45, 2.75) is 20.0 Å². The zero-order chi connectivity index (χ0) is 45.6. The third-order valence-electron chi connectivity index (χ3n) is 11.7. The number of halogens is 3. The number of alkyl halides is 3. The molecule has 0 aliphatic rings. The van der Waals surface area contributed by atoms with Crippen molar-refractivity contribution in [1.29, 1.82) is 0 Å². The largest absolute Gasteiger partial charge is 0.416 e. The van der Waals surface area contributed by atoms with Crippen molar-refractivity contribution in [1.82, 2.24) is 39.5 Å². The van der Waals surface area contributed by atoms with E-state index in [-0.39, 0.29) is 22.8 Å². The van der Waals surface area contributed by atoms with Crippen LogP contribution in [0.1, 0.15) is 17.2 Å². The quantitative estimate of drug-likeness (QED) is 0.150. The maximum atomic E-state index is 15.7. The monoisotopic (exact) mass is 878 g/mol. The molecule has 67 heavy (non-hydrogen) atoms. The number of aromatic nitrogens is 8. The van der Waals surface area contributed by atoms with Crippen LogP contribution in [-0.2, 0) is 6.18 Å². The fraction of sp³-hybridized carbons (Fsp3) is 0.0536. The highest BCUT2D eigenvalue weighted by molar-refractivity contribution is 6.11. The number of para-hydroxylation sites is 1. The van der Waals surface area contributed by atoms with E-state index in [2.05, 4.69) is 15.0 Å². The first-order valence-electron chi connectivity index (χ1n) is 21.6. The molecule has 0 atom stereocenters. The summed E-state index contributed by atoms with van der Waals surface area (Å²) < 4.78 is 49.1. The van der Waals surface area contributed by atoms with Gasteiger partial charge in [0.25, 0.3) is 0 Å². The summed E-state index contributed by atoms with van der Waals surface area (Å²) >= 11 is 0. The summed E-state index contributed by atoms with van der Waals surface area (Å²) in [5.74, 6) is 1.86. The molecule has 11 rings (SSSR count). The molecule has 0 fully saturated rings. The third kappa shape index (κ3) is 7.86. The first kappa shape index (κ1) is 41.0. The lowest BCUT2D eigenvalue weighted by molar-refractivity contribution is -0.137. The lowest BCUT2D eigenvalue weighted by atomic mass is 9.98. The summed E-state index contributed by atoms with van der Waals surface area (Å²) in [7, 11) is 0. The average molecular weight is 879 g/mol. The van der Waals surface area contributed by atoms with Gasteiger partial charge in [0.1, 0.15) is 11.6 Å². The molecular weight excluding hydrogens is 842 g/mol. The van der Waals surface area contributed by atoms with Crippen LogP contribution in [0.4, 0.5) is 13.2 Å². The number of aryl methyl sites for hydroxylation is 2. The SMILES string of the molecule is Cc1nc(C)nc(-c2ccc3c(c2)c2ccccc2n3-c2c(-c3nc(-c4ccccc4)cc(-c4ccccc4)n3)cc(C(F)(F)F)cc2-c2nc(-c3ccccc3)cc(-c3ccccc3)n2)n1. The molecule has 0 aliphatic carbocycles. The fourth-order valence-electron chi connectivity index (χ4n) is 8.64. The van der Waals surface area contributed by atoms with Crippen LogP contribution < -0.4 is 0 Å². The van der Waals surface area contributed by atoms with Gasteiger partial charge in [-0.15, -0.1) is 0 Å². The molecule has 7 aromatic carbocycles. The van der Waals surface area contributed by atoms with Crippen molar-refractivity contribution in [2.75, 3.05) is 0 Å². The Morgan fingerprint density at radius 1 is 0.358 bits per heavy atom. The van der Waals surface area contributed by atoms with Crippen molar-refractivity contribution < 1.29 is 13.2 Å². The normalized spacial score (nSPS) is 11.7. The Hall–Kier alpha value is -8.70. The minimum atomic E-state index is -4.79. The second kappa shape index (κ2) is 16.7. The van der Waals surface area contributed by atoms with Crippen LogP contribution in [0.2, 0.25) is 0 Å². The number of nitrogens with zero attached hydrogens (tertiary/aromatic N) is 8. The Morgan fingerprint density at radius 2 is 0.761 bits per heavy atom. The Labute approximate surface area is 383 Å². The molecule has 11 aromatic rings. The number of rotatable bonds is 8. The van der Waals surface area contributed by atoms with Gasteiger partial charge in [-0.1, -0.05) is 140 Å². The van der Waals surface area contributed by atoms with E-state index in [1.807, 2.05) is 194 Å². The van der Waals surface area contributed by atoms with Crippen LogP contribution in [0.15, 0.2) is 188 Å². The molecule has 4 heterocycles. The third-order valence-corrected chi connectivity index (χ3v) is 11.7. The molecule has 0 bridgehead atoms. The van der Waals surface area contributed by atoms with Crippen LogP contribution in [0.25, 0.3) is 107 Å². The minimum Gasteiger partial charge on any atom is -0.308 e. The summed E-state index contributed by atoms with van der Waals surface area (Å²) in [6.45, 7) is 3.65. The van der Waals surface area contributed by atoms with Gasteiger partial charge in [-0.3, -0.25) is 0 Å². The van der Waals surface area contributed by atoms with Crippen LogP contribution in [-0.4, -0.2) is 39.5 Å². The summed E-state index contributed by atoms with van der Waals surface area (Å²) in [6.07, 6.45) is -4.79. The highest BCUT2D eigenvalue weighted by Crippen LogP contribution is 2.45. The van der Waals surface area contributed by atoms with Gasteiger partial charge in [0.15, 0.2) is 17.5 Å². The van der Waals surface area contributed by atoms with E-state index in [1.54, 1.807) is 0 Å². The van der Waals surface area contributed by atoms with Crippen LogP contribution in [0.5, 0.6) is 0 Å². The van der Waals surface area contributed by atoms with Crippen molar-refractivity contribution in [3.63, 3.8) is 0 Å². The van der Waals surface area contributed by atoms with Gasteiger partial charge in [-0.25, -0.2) is 34.9 Å². The number of benzene rings is 7. The lowest BCUT2D eigenvalue weighted by Gasteiger charge is -2.21. The van der Waals surface area contributed by atoms with E-state index < -0.39 is 11.7 Å². The lowest BCUT2D eigenvalue weighted by Crippen LogP contribution is -2.11. The van der Waals surface area contributed by atoms with Crippen LogP contribution in [0.3, 0.4) is 0 Å². The van der Waals surface area contributed by atoms with Crippen molar-refractivity contribution >= 4 is 21.8 Å². The van der Waals surface area contributed by atoms with E-state index >= 15 is 13.2 Å². The number of fused-ring (bicyclic) bond motifs is 3. The first-order valence-corrected chi connectivity index (χ1v) is 21.6. The Morgan fingerprint density at radius 3 is 1.19 bits per heavy atom.